The molecule has 0 fully saturated rings. The van der Waals surface area contributed by atoms with Gasteiger partial charge in [-0.05, 0) is 17.0 Å². The van der Waals surface area contributed by atoms with Gasteiger partial charge in [-0.15, -0.1) is 68.6 Å². The number of rotatable bonds is 5. The number of halogens is 2. The predicted octanol–water partition coefficient (Wildman–Crippen LogP) is 12.2. The first-order chi connectivity index (χ1) is 19.5. The van der Waals surface area contributed by atoms with Crippen molar-refractivity contribution in [2.24, 2.45) is 0 Å². The Kier molecular flexibility index (Phi) is 11.4. The topological polar surface area (TPSA) is 0 Å². The second kappa shape index (κ2) is 15.0. The molecule has 0 aliphatic heterocycles. The van der Waals surface area contributed by atoms with Gasteiger partial charge in [-0.1, -0.05) is 124 Å². The summed E-state index contributed by atoms with van der Waals surface area (Å²) in [4.78, 5) is 0. The third-order valence-corrected chi connectivity index (χ3v) is 7.25. The van der Waals surface area contributed by atoms with Gasteiger partial charge in [0.2, 0.25) is 0 Å². The van der Waals surface area contributed by atoms with Crippen molar-refractivity contribution in [1.82, 2.24) is 0 Å². The zero-order valence-electron chi connectivity index (χ0n) is 23.7. The molecule has 0 saturated carbocycles. The van der Waals surface area contributed by atoms with Crippen LogP contribution in [0.15, 0.2) is 115 Å². The molecule has 0 heterocycles. The van der Waals surface area contributed by atoms with Crippen LogP contribution in [0.2, 0.25) is 0 Å². The molecule has 6 aromatic carbocycles. The molecule has 0 nitrogen and oxygen atoms in total. The van der Waals surface area contributed by atoms with Crippen molar-refractivity contribution in [3.05, 3.63) is 132 Å². The molecule has 6 rings (SSSR count). The fraction of sp³-hybridized carbons (Fsp3) is 0.189. The Morgan fingerprint density at radius 2 is 1.30 bits per heavy atom. The van der Waals surface area contributed by atoms with Crippen LogP contribution in [0.1, 0.15) is 49.8 Å². The molecule has 0 aliphatic rings. The summed E-state index contributed by atoms with van der Waals surface area (Å²) in [6.07, 6.45) is 2.36. The normalized spacial score (nSPS) is 10.6. The molecule has 0 unspecified atom stereocenters. The molecular formula is C37H36Cl2Zr. The summed E-state index contributed by atoms with van der Waals surface area (Å²) in [6.45, 7) is 8.92. The van der Waals surface area contributed by atoms with Crippen LogP contribution in [0.4, 0.5) is 0 Å². The molecule has 0 amide bonds. The van der Waals surface area contributed by atoms with E-state index < -0.39 is 20.8 Å². The molecule has 3 heteroatoms. The SMILES string of the molecule is CC(C)c1cc2c(-c3ccccc3)cccc2[cH-]1.CCCc1ccc(-c2ccccc2)c2cc(C)[cH-]c12.[Cl][Zr+2][Cl]. The van der Waals surface area contributed by atoms with Crippen LogP contribution < -0.4 is 0 Å². The molecule has 0 saturated heterocycles. The monoisotopic (exact) mass is 640 g/mol. The summed E-state index contributed by atoms with van der Waals surface area (Å²) in [5, 5.41) is 5.54. The maximum absolute atomic E-state index is 4.93. The number of hydrogen-bond donors (Lipinski definition) is 0. The fourth-order valence-electron chi connectivity index (χ4n) is 5.32. The third kappa shape index (κ3) is 7.44. The Bertz CT molecular complexity index is 1630. The van der Waals surface area contributed by atoms with Gasteiger partial charge >= 0.3 is 37.9 Å². The van der Waals surface area contributed by atoms with E-state index in [4.69, 9.17) is 17.0 Å². The number of hydrogen-bond acceptors (Lipinski definition) is 0. The number of fused-ring (bicyclic) bond motifs is 2. The third-order valence-electron chi connectivity index (χ3n) is 7.25. The standard InChI is InChI=1S/C19H19.C18H17.2ClH.Zr/c1-3-7-15-10-11-17(16-8-5-4-6-9-16)19-13-14(2)12-18(15)19;1-13(2)16-11-15-9-6-10-17(18(15)12-16)14-7-4-3-5-8-14;;;/h4-6,8-13H,3,7H2,1-2H3;3-13H,1-2H3;2*1H;/q2*-1;;;+4/p-2. The van der Waals surface area contributed by atoms with Crippen molar-refractivity contribution in [2.75, 3.05) is 0 Å². The summed E-state index contributed by atoms with van der Waals surface area (Å²) < 4.78 is 0. The van der Waals surface area contributed by atoms with Gasteiger partial charge in [-0.25, -0.2) is 0 Å². The van der Waals surface area contributed by atoms with Crippen molar-refractivity contribution in [2.45, 2.75) is 46.5 Å². The van der Waals surface area contributed by atoms with Gasteiger partial charge in [-0.2, -0.15) is 12.1 Å². The first-order valence-electron chi connectivity index (χ1n) is 13.9. The molecule has 0 radical (unpaired) electrons. The van der Waals surface area contributed by atoms with Crippen LogP contribution in [0.5, 0.6) is 0 Å². The van der Waals surface area contributed by atoms with Gasteiger partial charge < -0.3 is 0 Å². The van der Waals surface area contributed by atoms with Crippen LogP contribution in [-0.2, 0) is 27.3 Å². The zero-order chi connectivity index (χ0) is 28.5. The Balaban J connectivity index is 0.000000169. The fourth-order valence-corrected chi connectivity index (χ4v) is 5.32. The first kappa shape index (κ1) is 30.5. The van der Waals surface area contributed by atoms with Crippen molar-refractivity contribution in [1.29, 1.82) is 0 Å². The van der Waals surface area contributed by atoms with E-state index >= 15 is 0 Å². The van der Waals surface area contributed by atoms with Gasteiger partial charge in [0.25, 0.3) is 0 Å². The summed E-state index contributed by atoms with van der Waals surface area (Å²) in [6, 6.07) is 41.7. The van der Waals surface area contributed by atoms with E-state index in [1.807, 2.05) is 0 Å². The van der Waals surface area contributed by atoms with Crippen LogP contribution in [0, 0.1) is 6.92 Å². The van der Waals surface area contributed by atoms with Gasteiger partial charge in [0.05, 0.1) is 0 Å². The van der Waals surface area contributed by atoms with Crippen LogP contribution >= 0.6 is 17.0 Å². The van der Waals surface area contributed by atoms with E-state index in [1.165, 1.54) is 66.9 Å². The second-order valence-corrected chi connectivity index (χ2v) is 14.2. The average molecular weight is 643 g/mol. The van der Waals surface area contributed by atoms with E-state index in [0.29, 0.717) is 5.92 Å². The number of aryl methyl sites for hydroxylation is 2. The average Bonchev–Trinajstić information content (AvgIpc) is 3.59. The van der Waals surface area contributed by atoms with Gasteiger partial charge in [0.1, 0.15) is 0 Å². The zero-order valence-corrected chi connectivity index (χ0v) is 27.7. The van der Waals surface area contributed by atoms with Crippen molar-refractivity contribution in [3.63, 3.8) is 0 Å². The molecule has 0 aromatic heterocycles. The Morgan fingerprint density at radius 3 is 1.88 bits per heavy atom. The number of benzene rings is 4. The predicted molar refractivity (Wildman–Crippen MR) is 174 cm³/mol. The first-order valence-corrected chi connectivity index (χ1v) is 20.2. The maximum atomic E-state index is 4.93. The van der Waals surface area contributed by atoms with Gasteiger partial charge in [0, 0.05) is 0 Å². The summed E-state index contributed by atoms with van der Waals surface area (Å²) >= 11 is -0.826. The van der Waals surface area contributed by atoms with E-state index in [9.17, 15) is 0 Å². The molecule has 0 spiro atoms. The molecule has 0 atom stereocenters. The molecule has 0 bridgehead atoms. The minimum absolute atomic E-state index is 0.584. The molecule has 40 heavy (non-hydrogen) atoms. The van der Waals surface area contributed by atoms with Crippen molar-refractivity contribution >= 4 is 38.6 Å². The quantitative estimate of drug-likeness (QED) is 0.164. The van der Waals surface area contributed by atoms with Gasteiger partial charge in [0.15, 0.2) is 0 Å². The van der Waals surface area contributed by atoms with E-state index in [-0.39, 0.29) is 0 Å². The minimum atomic E-state index is -0.826. The Hall–Kier alpha value is -2.44. The summed E-state index contributed by atoms with van der Waals surface area (Å²) in [5.41, 5.74) is 9.54. The van der Waals surface area contributed by atoms with Crippen molar-refractivity contribution < 1.29 is 20.8 Å². The molecule has 6 aromatic rings. The molecule has 202 valence electrons. The van der Waals surface area contributed by atoms with Gasteiger partial charge in [-0.3, -0.25) is 0 Å². The van der Waals surface area contributed by atoms with E-state index in [2.05, 4.69) is 143 Å². The summed E-state index contributed by atoms with van der Waals surface area (Å²) in [5.74, 6) is 0.584. The molecular weight excluding hydrogens is 607 g/mol. The molecule has 0 aliphatic carbocycles. The van der Waals surface area contributed by atoms with E-state index in [0.717, 1.165) is 6.42 Å². The molecule has 0 N–H and O–H groups in total. The summed E-state index contributed by atoms with van der Waals surface area (Å²) in [7, 11) is 9.87. The Labute approximate surface area is 258 Å². The van der Waals surface area contributed by atoms with E-state index in [1.54, 1.807) is 0 Å². The second-order valence-electron chi connectivity index (χ2n) is 10.4. The van der Waals surface area contributed by atoms with Crippen LogP contribution in [-0.4, -0.2) is 0 Å². The van der Waals surface area contributed by atoms with Crippen molar-refractivity contribution in [3.8, 4) is 22.3 Å². The van der Waals surface area contributed by atoms with Crippen LogP contribution in [0.3, 0.4) is 0 Å². The Morgan fingerprint density at radius 1 is 0.700 bits per heavy atom. The van der Waals surface area contributed by atoms with Crippen LogP contribution in [0.25, 0.3) is 43.8 Å².